The molecule has 154 valence electrons. The number of aromatic nitrogens is 2. The molecule has 1 aromatic heterocycles. The van der Waals surface area contributed by atoms with Gasteiger partial charge >= 0.3 is 5.69 Å². The number of allylic oxidation sites excluding steroid dienone is 1. The number of benzene rings is 2. The van der Waals surface area contributed by atoms with E-state index < -0.39 is 17.2 Å². The predicted molar refractivity (Wildman–Crippen MR) is 116 cm³/mol. The smallest absolute Gasteiger partial charge is 0.329 e. The van der Waals surface area contributed by atoms with Gasteiger partial charge in [0, 0.05) is 42.3 Å². The van der Waals surface area contributed by atoms with Gasteiger partial charge in [0.15, 0.2) is 5.78 Å². The molecule has 2 aromatic carbocycles. The Morgan fingerprint density at radius 1 is 1.00 bits per heavy atom. The second-order valence-electron chi connectivity index (χ2n) is 7.61. The molecule has 5 rings (SSSR count). The molecule has 31 heavy (non-hydrogen) atoms. The number of hydrogen-bond donors (Lipinski definition) is 3. The van der Waals surface area contributed by atoms with E-state index in [2.05, 4.69) is 15.6 Å². The van der Waals surface area contributed by atoms with Crippen LogP contribution in [-0.4, -0.2) is 21.2 Å². The van der Waals surface area contributed by atoms with E-state index in [0.717, 1.165) is 5.56 Å². The van der Waals surface area contributed by atoms with Gasteiger partial charge in [0.25, 0.3) is 5.56 Å². The minimum absolute atomic E-state index is 0.159. The van der Waals surface area contributed by atoms with Gasteiger partial charge in [-0.3, -0.25) is 23.9 Å². The average Bonchev–Trinajstić information content (AvgIpc) is 3.03. The van der Waals surface area contributed by atoms with E-state index in [0.29, 0.717) is 39.5 Å². The molecule has 8 nitrogen and oxygen atoms in total. The van der Waals surface area contributed by atoms with Gasteiger partial charge in [-0.25, -0.2) is 4.79 Å². The number of Topliss-reactive ketones (excluding diaryl/α,β-unsaturated/α-hetero) is 1. The Hall–Kier alpha value is -4.20. The number of hydrogen-bond acceptors (Lipinski definition) is 5. The van der Waals surface area contributed by atoms with Crippen LogP contribution in [0.15, 0.2) is 63.7 Å². The number of rotatable bonds is 2. The summed E-state index contributed by atoms with van der Waals surface area (Å²) in [6.45, 7) is 1.42. The lowest BCUT2D eigenvalue weighted by Gasteiger charge is -2.29. The van der Waals surface area contributed by atoms with E-state index in [1.54, 1.807) is 43.4 Å². The first-order valence-corrected chi connectivity index (χ1v) is 9.73. The Kier molecular flexibility index (Phi) is 4.04. The van der Waals surface area contributed by atoms with Crippen molar-refractivity contribution in [3.63, 3.8) is 0 Å². The quantitative estimate of drug-likeness (QED) is 0.595. The molecular formula is C23H18N4O4. The number of nitrogens with one attached hydrogen (secondary N) is 3. The highest BCUT2D eigenvalue weighted by Gasteiger charge is 2.42. The molecule has 1 atom stereocenters. The van der Waals surface area contributed by atoms with Crippen molar-refractivity contribution in [1.29, 1.82) is 0 Å². The summed E-state index contributed by atoms with van der Waals surface area (Å²) in [6.07, 6.45) is 0. The summed E-state index contributed by atoms with van der Waals surface area (Å²) in [6, 6.07) is 14.2. The maximum absolute atomic E-state index is 13.4. The first-order valence-electron chi connectivity index (χ1n) is 9.73. The van der Waals surface area contributed by atoms with Crippen LogP contribution in [-0.2, 0) is 11.8 Å². The molecule has 2 heterocycles. The first-order chi connectivity index (χ1) is 14.9. The third-order valence-electron chi connectivity index (χ3n) is 5.70. The van der Waals surface area contributed by atoms with Crippen molar-refractivity contribution in [1.82, 2.24) is 9.55 Å². The molecule has 8 heteroatoms. The summed E-state index contributed by atoms with van der Waals surface area (Å²) in [5.74, 6) is -0.674. The number of ketones is 1. The van der Waals surface area contributed by atoms with Crippen molar-refractivity contribution in [2.45, 2.75) is 12.8 Å². The second-order valence-corrected chi connectivity index (χ2v) is 7.61. The van der Waals surface area contributed by atoms with Crippen LogP contribution in [0.4, 0.5) is 11.5 Å². The van der Waals surface area contributed by atoms with Crippen molar-refractivity contribution in [3.8, 4) is 0 Å². The van der Waals surface area contributed by atoms with Gasteiger partial charge in [0.1, 0.15) is 5.82 Å². The van der Waals surface area contributed by atoms with Crippen molar-refractivity contribution < 1.29 is 9.59 Å². The predicted octanol–water partition coefficient (Wildman–Crippen LogP) is 2.20. The molecule has 1 aliphatic heterocycles. The minimum atomic E-state index is -0.673. The fraction of sp³-hybridized carbons (Fsp3) is 0.130. The maximum Gasteiger partial charge on any atom is 0.329 e. The topological polar surface area (TPSA) is 113 Å². The molecule has 0 bridgehead atoms. The van der Waals surface area contributed by atoms with Crippen LogP contribution in [0, 0.1) is 0 Å². The van der Waals surface area contributed by atoms with Crippen LogP contribution in [0.1, 0.15) is 39.9 Å². The molecule has 0 spiro atoms. The van der Waals surface area contributed by atoms with Crippen LogP contribution in [0.25, 0.3) is 5.70 Å². The van der Waals surface area contributed by atoms with Crippen LogP contribution in [0.3, 0.4) is 0 Å². The Bertz CT molecular complexity index is 1430. The van der Waals surface area contributed by atoms with Crippen LogP contribution < -0.4 is 21.9 Å². The molecule has 1 unspecified atom stereocenters. The number of anilines is 2. The maximum atomic E-state index is 13.4. The van der Waals surface area contributed by atoms with E-state index in [1.807, 2.05) is 12.1 Å². The largest absolute Gasteiger partial charge is 0.340 e. The van der Waals surface area contributed by atoms with Crippen LogP contribution in [0.2, 0.25) is 0 Å². The normalized spacial score (nSPS) is 16.3. The molecule has 0 radical (unpaired) electrons. The summed E-state index contributed by atoms with van der Waals surface area (Å²) in [4.78, 5) is 52.2. The van der Waals surface area contributed by atoms with Gasteiger partial charge < -0.3 is 10.6 Å². The number of H-pyrrole nitrogens is 1. The van der Waals surface area contributed by atoms with Crippen molar-refractivity contribution in [2.24, 2.45) is 7.05 Å². The molecule has 0 fully saturated rings. The van der Waals surface area contributed by atoms with Gasteiger partial charge in [-0.1, -0.05) is 36.4 Å². The Labute approximate surface area is 176 Å². The van der Waals surface area contributed by atoms with E-state index in [4.69, 9.17) is 0 Å². The minimum Gasteiger partial charge on any atom is -0.340 e. The van der Waals surface area contributed by atoms with Crippen molar-refractivity contribution >= 4 is 28.9 Å². The highest BCUT2D eigenvalue weighted by molar-refractivity contribution is 6.23. The summed E-state index contributed by atoms with van der Waals surface area (Å²) in [5.41, 5.74) is 2.87. The number of carbonyl (C=O) groups is 2. The summed E-state index contributed by atoms with van der Waals surface area (Å²) >= 11 is 0. The fourth-order valence-corrected chi connectivity index (χ4v) is 4.33. The second kappa shape index (κ2) is 6.66. The van der Waals surface area contributed by atoms with Gasteiger partial charge in [-0.05, 0) is 17.7 Å². The molecule has 0 saturated carbocycles. The zero-order valence-corrected chi connectivity index (χ0v) is 16.8. The zero-order valence-electron chi connectivity index (χ0n) is 16.8. The number of amides is 1. The molecule has 1 aliphatic carbocycles. The van der Waals surface area contributed by atoms with E-state index >= 15 is 0 Å². The Balaban J connectivity index is 1.77. The molecule has 0 saturated heterocycles. The van der Waals surface area contributed by atoms with Gasteiger partial charge in [0.2, 0.25) is 5.91 Å². The van der Waals surface area contributed by atoms with E-state index in [9.17, 15) is 19.2 Å². The highest BCUT2D eigenvalue weighted by atomic mass is 16.2. The average molecular weight is 414 g/mol. The van der Waals surface area contributed by atoms with E-state index in [1.165, 1.54) is 11.5 Å². The van der Waals surface area contributed by atoms with Crippen molar-refractivity contribution in [2.75, 3.05) is 10.6 Å². The third-order valence-corrected chi connectivity index (χ3v) is 5.70. The molecule has 1 amide bonds. The van der Waals surface area contributed by atoms with Gasteiger partial charge in [-0.2, -0.15) is 0 Å². The Morgan fingerprint density at radius 3 is 2.35 bits per heavy atom. The molecule has 3 aromatic rings. The summed E-state index contributed by atoms with van der Waals surface area (Å²) < 4.78 is 1.34. The lowest BCUT2D eigenvalue weighted by atomic mass is 9.81. The van der Waals surface area contributed by atoms with Crippen LogP contribution >= 0.6 is 0 Å². The zero-order chi connectivity index (χ0) is 21.9. The molecule has 3 N–H and O–H groups in total. The number of fused-ring (bicyclic) bond motifs is 3. The lowest BCUT2D eigenvalue weighted by molar-refractivity contribution is -0.114. The SMILES string of the molecule is CC(=O)Nc1ccc(C2C3=C(Nc4c2c(=O)[nH]c(=O)n4C)c2ccccc2C3=O)cc1. The summed E-state index contributed by atoms with van der Waals surface area (Å²) in [7, 11) is 1.56. The van der Waals surface area contributed by atoms with Gasteiger partial charge in [-0.15, -0.1) is 0 Å². The highest BCUT2D eigenvalue weighted by Crippen LogP contribution is 2.47. The molecule has 2 aliphatic rings. The van der Waals surface area contributed by atoms with Crippen molar-refractivity contribution in [3.05, 3.63) is 97.2 Å². The summed E-state index contributed by atoms with van der Waals surface area (Å²) in [5, 5.41) is 5.89. The fourth-order valence-electron chi connectivity index (χ4n) is 4.33. The Morgan fingerprint density at radius 2 is 1.68 bits per heavy atom. The van der Waals surface area contributed by atoms with Crippen LogP contribution in [0.5, 0.6) is 0 Å². The van der Waals surface area contributed by atoms with Gasteiger partial charge in [0.05, 0.1) is 11.3 Å². The molecular weight excluding hydrogens is 396 g/mol. The monoisotopic (exact) mass is 414 g/mol. The number of carbonyl (C=O) groups excluding carboxylic acids is 2. The third kappa shape index (κ3) is 2.76. The lowest BCUT2D eigenvalue weighted by Crippen LogP contribution is -2.37. The number of aromatic amines is 1. The standard InChI is InChI=1S/C23H18N4O4/c1-11(28)24-13-9-7-12(8-10-13)16-17-19(14-5-3-4-6-15(14)20(17)29)25-21-18(16)22(30)26-23(31)27(21)2/h3-10,16,25H,1-2H3,(H,24,28)(H,26,30,31). The number of nitrogens with zero attached hydrogens (tertiary/aromatic N) is 1. The van der Waals surface area contributed by atoms with E-state index in [-0.39, 0.29) is 11.7 Å². The first kappa shape index (κ1) is 18.8.